The Balaban J connectivity index is 2.61. The van der Waals surface area contributed by atoms with Gasteiger partial charge in [-0.3, -0.25) is 0 Å². The highest BCUT2D eigenvalue weighted by Crippen LogP contribution is 2.28. The fraction of sp³-hybridized carbons (Fsp3) is 0.625. The van der Waals surface area contributed by atoms with Crippen LogP contribution in [0.1, 0.15) is 39.7 Å². The number of ether oxygens (including phenoxy) is 2. The van der Waals surface area contributed by atoms with E-state index < -0.39 is 0 Å². The van der Waals surface area contributed by atoms with E-state index in [4.69, 9.17) is 9.47 Å². The molecule has 0 heterocycles. The van der Waals surface area contributed by atoms with Crippen molar-refractivity contribution in [2.24, 2.45) is 5.41 Å². The van der Waals surface area contributed by atoms with Crippen LogP contribution in [0, 0.1) is 5.41 Å². The third kappa shape index (κ3) is 5.97. The molecule has 0 bridgehead atoms. The number of hydrogen-bond donors (Lipinski definition) is 1. The summed E-state index contributed by atoms with van der Waals surface area (Å²) >= 11 is 0. The molecule has 0 saturated heterocycles. The molecular weight excluding hydrogens is 238 g/mol. The standard InChI is InChI=1S/C16H27NO2/c1-6-9-19-14-8-7-13(10-15(14)18-5)11-17-12-16(2,3)4/h7-8,10,17H,6,9,11-12H2,1-5H3. The lowest BCUT2D eigenvalue weighted by Crippen LogP contribution is -2.26. The average molecular weight is 265 g/mol. The lowest BCUT2D eigenvalue weighted by Gasteiger charge is -2.19. The fourth-order valence-electron chi connectivity index (χ4n) is 1.74. The Morgan fingerprint density at radius 3 is 2.47 bits per heavy atom. The predicted molar refractivity (Wildman–Crippen MR) is 79.9 cm³/mol. The Labute approximate surface area is 117 Å². The van der Waals surface area contributed by atoms with Crippen molar-refractivity contribution in [3.05, 3.63) is 23.8 Å². The van der Waals surface area contributed by atoms with Crippen molar-refractivity contribution in [1.82, 2.24) is 5.32 Å². The lowest BCUT2D eigenvalue weighted by atomic mass is 9.97. The molecule has 0 aliphatic rings. The summed E-state index contributed by atoms with van der Waals surface area (Å²) in [6.07, 6.45) is 0.998. The minimum Gasteiger partial charge on any atom is -0.493 e. The molecule has 19 heavy (non-hydrogen) atoms. The van der Waals surface area contributed by atoms with Crippen molar-refractivity contribution in [3.8, 4) is 11.5 Å². The van der Waals surface area contributed by atoms with E-state index in [-0.39, 0.29) is 0 Å². The van der Waals surface area contributed by atoms with Crippen molar-refractivity contribution < 1.29 is 9.47 Å². The summed E-state index contributed by atoms with van der Waals surface area (Å²) in [6.45, 7) is 11.3. The van der Waals surface area contributed by atoms with Crippen molar-refractivity contribution in [1.29, 1.82) is 0 Å². The van der Waals surface area contributed by atoms with Gasteiger partial charge in [-0.05, 0) is 29.5 Å². The van der Waals surface area contributed by atoms with Crippen LogP contribution >= 0.6 is 0 Å². The van der Waals surface area contributed by atoms with Crippen LogP contribution in [-0.2, 0) is 6.54 Å². The number of benzene rings is 1. The molecule has 1 rings (SSSR count). The monoisotopic (exact) mass is 265 g/mol. The molecule has 0 fully saturated rings. The van der Waals surface area contributed by atoms with E-state index in [1.54, 1.807) is 7.11 Å². The molecule has 0 unspecified atom stereocenters. The van der Waals surface area contributed by atoms with Crippen LogP contribution in [-0.4, -0.2) is 20.3 Å². The fourth-order valence-corrected chi connectivity index (χ4v) is 1.74. The summed E-state index contributed by atoms with van der Waals surface area (Å²) in [6, 6.07) is 6.12. The summed E-state index contributed by atoms with van der Waals surface area (Å²) < 4.78 is 11.0. The molecule has 1 N–H and O–H groups in total. The maximum Gasteiger partial charge on any atom is 0.161 e. The molecule has 0 radical (unpaired) electrons. The smallest absolute Gasteiger partial charge is 0.161 e. The van der Waals surface area contributed by atoms with E-state index in [1.807, 2.05) is 12.1 Å². The van der Waals surface area contributed by atoms with Crippen LogP contribution in [0.3, 0.4) is 0 Å². The normalized spacial score (nSPS) is 11.4. The van der Waals surface area contributed by atoms with E-state index in [1.165, 1.54) is 5.56 Å². The highest BCUT2D eigenvalue weighted by Gasteiger charge is 2.10. The lowest BCUT2D eigenvalue weighted by molar-refractivity contribution is 0.294. The van der Waals surface area contributed by atoms with Gasteiger partial charge >= 0.3 is 0 Å². The van der Waals surface area contributed by atoms with E-state index in [9.17, 15) is 0 Å². The van der Waals surface area contributed by atoms with Crippen molar-refractivity contribution in [2.45, 2.75) is 40.7 Å². The zero-order chi connectivity index (χ0) is 14.3. The molecule has 0 saturated carbocycles. The second-order valence-corrected chi connectivity index (χ2v) is 6.00. The van der Waals surface area contributed by atoms with Crippen molar-refractivity contribution in [3.63, 3.8) is 0 Å². The zero-order valence-corrected chi connectivity index (χ0v) is 12.9. The van der Waals surface area contributed by atoms with Gasteiger partial charge in [0.05, 0.1) is 13.7 Å². The highest BCUT2D eigenvalue weighted by atomic mass is 16.5. The zero-order valence-electron chi connectivity index (χ0n) is 12.9. The van der Waals surface area contributed by atoms with E-state index in [0.29, 0.717) is 5.41 Å². The summed E-state index contributed by atoms with van der Waals surface area (Å²) in [5, 5.41) is 3.46. The number of hydrogen-bond acceptors (Lipinski definition) is 3. The Kier molecular flexibility index (Phi) is 6.16. The van der Waals surface area contributed by atoms with Gasteiger partial charge in [0.2, 0.25) is 0 Å². The second kappa shape index (κ2) is 7.39. The highest BCUT2D eigenvalue weighted by molar-refractivity contribution is 5.42. The summed E-state index contributed by atoms with van der Waals surface area (Å²) in [5.74, 6) is 1.63. The van der Waals surface area contributed by atoms with Gasteiger partial charge in [0.25, 0.3) is 0 Å². The van der Waals surface area contributed by atoms with E-state index in [2.05, 4.69) is 39.1 Å². The van der Waals surface area contributed by atoms with Gasteiger partial charge in [-0.1, -0.05) is 33.8 Å². The molecule has 0 aliphatic carbocycles. The van der Waals surface area contributed by atoms with E-state index in [0.717, 1.165) is 37.6 Å². The Bertz CT molecular complexity index is 383. The first-order valence-electron chi connectivity index (χ1n) is 6.96. The third-order valence-corrected chi connectivity index (χ3v) is 2.67. The predicted octanol–water partition coefficient (Wildman–Crippen LogP) is 3.62. The largest absolute Gasteiger partial charge is 0.493 e. The summed E-state index contributed by atoms with van der Waals surface area (Å²) in [4.78, 5) is 0. The van der Waals surface area contributed by atoms with Crippen LogP contribution in [0.15, 0.2) is 18.2 Å². The van der Waals surface area contributed by atoms with Crippen LogP contribution in [0.25, 0.3) is 0 Å². The molecule has 3 heteroatoms. The molecule has 1 aromatic carbocycles. The summed E-state index contributed by atoms with van der Waals surface area (Å²) in [7, 11) is 1.68. The quantitative estimate of drug-likeness (QED) is 0.817. The first kappa shape index (κ1) is 15.8. The van der Waals surface area contributed by atoms with Gasteiger partial charge in [-0.2, -0.15) is 0 Å². The van der Waals surface area contributed by atoms with Crippen LogP contribution in [0.4, 0.5) is 0 Å². The molecule has 0 aliphatic heterocycles. The molecular formula is C16H27NO2. The minimum atomic E-state index is 0.300. The molecule has 0 amide bonds. The maximum atomic E-state index is 5.65. The summed E-state index contributed by atoms with van der Waals surface area (Å²) in [5.41, 5.74) is 1.51. The van der Waals surface area contributed by atoms with Gasteiger partial charge in [-0.25, -0.2) is 0 Å². The van der Waals surface area contributed by atoms with E-state index >= 15 is 0 Å². The molecule has 1 aromatic rings. The molecule has 108 valence electrons. The van der Waals surface area contributed by atoms with Gasteiger partial charge in [-0.15, -0.1) is 0 Å². The number of rotatable bonds is 7. The van der Waals surface area contributed by atoms with Gasteiger partial charge in [0.1, 0.15) is 0 Å². The average Bonchev–Trinajstić information content (AvgIpc) is 2.35. The maximum absolute atomic E-state index is 5.65. The van der Waals surface area contributed by atoms with Crippen molar-refractivity contribution >= 4 is 0 Å². The van der Waals surface area contributed by atoms with Gasteiger partial charge in [0.15, 0.2) is 11.5 Å². The first-order valence-corrected chi connectivity index (χ1v) is 6.96. The molecule has 3 nitrogen and oxygen atoms in total. The Morgan fingerprint density at radius 1 is 1.16 bits per heavy atom. The molecule has 0 aromatic heterocycles. The third-order valence-electron chi connectivity index (χ3n) is 2.67. The number of nitrogens with one attached hydrogen (secondary N) is 1. The van der Waals surface area contributed by atoms with Crippen LogP contribution < -0.4 is 14.8 Å². The SMILES string of the molecule is CCCOc1ccc(CNCC(C)(C)C)cc1OC. The van der Waals surface area contributed by atoms with Gasteiger partial charge in [0, 0.05) is 13.1 Å². The molecule has 0 spiro atoms. The van der Waals surface area contributed by atoms with Gasteiger partial charge < -0.3 is 14.8 Å². The second-order valence-electron chi connectivity index (χ2n) is 6.00. The minimum absolute atomic E-state index is 0.300. The van der Waals surface area contributed by atoms with Crippen LogP contribution in [0.2, 0.25) is 0 Å². The van der Waals surface area contributed by atoms with Crippen molar-refractivity contribution in [2.75, 3.05) is 20.3 Å². The number of methoxy groups -OCH3 is 1. The van der Waals surface area contributed by atoms with Crippen LogP contribution in [0.5, 0.6) is 11.5 Å². The Morgan fingerprint density at radius 2 is 1.89 bits per heavy atom. The Hall–Kier alpha value is -1.22. The molecule has 0 atom stereocenters. The topological polar surface area (TPSA) is 30.5 Å². The first-order chi connectivity index (χ1) is 8.96.